The van der Waals surface area contributed by atoms with E-state index in [4.69, 9.17) is 20.3 Å². The molecule has 6 heteroatoms. The highest BCUT2D eigenvalue weighted by Gasteiger charge is 2.34. The molecule has 0 saturated carbocycles. The monoisotopic (exact) mass is 407 g/mol. The molecular weight excluding hydrogens is 382 g/mol. The normalized spacial score (nSPS) is 17.8. The number of hydrogen-bond acceptors (Lipinski definition) is 5. The summed E-state index contributed by atoms with van der Waals surface area (Å²) in [4.78, 5) is 24.5. The maximum atomic E-state index is 12.4. The van der Waals surface area contributed by atoms with E-state index in [1.54, 1.807) is 42.5 Å². The molecule has 156 valence electrons. The Morgan fingerprint density at radius 2 is 1.80 bits per heavy atom. The number of carbonyl (C=O) groups is 2. The van der Waals surface area contributed by atoms with Crippen molar-refractivity contribution < 1.29 is 24.2 Å². The van der Waals surface area contributed by atoms with Crippen molar-refractivity contribution in [2.75, 3.05) is 13.2 Å². The minimum atomic E-state index is -0.794. The summed E-state index contributed by atoms with van der Waals surface area (Å²) in [7, 11) is 0. The third-order valence-corrected chi connectivity index (χ3v) is 5.09. The van der Waals surface area contributed by atoms with Gasteiger partial charge in [0.2, 0.25) is 5.91 Å². The van der Waals surface area contributed by atoms with Crippen molar-refractivity contribution in [3.8, 4) is 5.75 Å². The zero-order valence-electron chi connectivity index (χ0n) is 16.6. The van der Waals surface area contributed by atoms with Crippen LogP contribution in [0, 0.1) is 5.41 Å². The third kappa shape index (κ3) is 5.36. The quantitative estimate of drug-likeness (QED) is 0.622. The second-order valence-electron chi connectivity index (χ2n) is 7.14. The number of aliphatic hydroxyl groups excluding tert-OH is 1. The number of primary amides is 1. The number of ether oxygens (including phenoxy) is 2. The molecule has 0 unspecified atom stereocenters. The van der Waals surface area contributed by atoms with Gasteiger partial charge in [-0.25, -0.2) is 4.79 Å². The summed E-state index contributed by atoms with van der Waals surface area (Å²) in [5.41, 5.74) is 6.41. The summed E-state index contributed by atoms with van der Waals surface area (Å²) in [6.07, 6.45) is 6.79. The van der Waals surface area contributed by atoms with E-state index in [1.807, 2.05) is 30.3 Å². The molecule has 0 fully saturated rings. The summed E-state index contributed by atoms with van der Waals surface area (Å²) >= 11 is 0. The Hall–Kier alpha value is -3.38. The number of hydrogen-bond donors (Lipinski definition) is 2. The molecule has 2 aromatic carbocycles. The average Bonchev–Trinajstić information content (AvgIpc) is 2.78. The molecule has 1 atom stereocenters. The van der Waals surface area contributed by atoms with Crippen molar-refractivity contribution in [2.24, 2.45) is 11.1 Å². The molecule has 30 heavy (non-hydrogen) atoms. The number of amides is 1. The smallest absolute Gasteiger partial charge is 0.343 e. The van der Waals surface area contributed by atoms with Crippen LogP contribution in [0.2, 0.25) is 0 Å². The topological polar surface area (TPSA) is 98.9 Å². The third-order valence-electron chi connectivity index (χ3n) is 5.09. The number of benzene rings is 2. The first-order chi connectivity index (χ1) is 14.5. The molecule has 1 aliphatic rings. The van der Waals surface area contributed by atoms with Gasteiger partial charge >= 0.3 is 5.97 Å². The second-order valence-corrected chi connectivity index (χ2v) is 7.14. The molecule has 1 aliphatic carbocycles. The molecule has 3 rings (SSSR count). The van der Waals surface area contributed by atoms with Crippen LogP contribution in [0.15, 0.2) is 78.6 Å². The van der Waals surface area contributed by atoms with Gasteiger partial charge in [0.05, 0.1) is 17.6 Å². The summed E-state index contributed by atoms with van der Waals surface area (Å²) in [5, 5.41) is 8.77. The van der Waals surface area contributed by atoms with E-state index >= 15 is 0 Å². The Kier molecular flexibility index (Phi) is 7.03. The van der Waals surface area contributed by atoms with E-state index in [1.165, 1.54) is 0 Å². The SMILES string of the molecule is NC(=O)[C@]1(CCc2ccccc2)C=CC(OC(=O)c2ccc(OCCO)cc2)=CC1. The fourth-order valence-electron chi connectivity index (χ4n) is 3.26. The number of aryl methyl sites for hydroxylation is 1. The van der Waals surface area contributed by atoms with Crippen LogP contribution in [0.4, 0.5) is 0 Å². The number of rotatable bonds is 9. The van der Waals surface area contributed by atoms with Crippen LogP contribution in [0.3, 0.4) is 0 Å². The van der Waals surface area contributed by atoms with Gasteiger partial charge in [-0.2, -0.15) is 0 Å². The van der Waals surface area contributed by atoms with E-state index in [0.717, 1.165) is 12.0 Å². The van der Waals surface area contributed by atoms with Crippen molar-refractivity contribution in [1.29, 1.82) is 0 Å². The lowest BCUT2D eigenvalue weighted by Crippen LogP contribution is -2.36. The number of allylic oxidation sites excluding steroid dienone is 2. The fraction of sp³-hybridized carbons (Fsp3) is 0.250. The van der Waals surface area contributed by atoms with Crippen molar-refractivity contribution in [1.82, 2.24) is 0 Å². The first-order valence-electron chi connectivity index (χ1n) is 9.81. The second kappa shape index (κ2) is 9.89. The van der Waals surface area contributed by atoms with Crippen LogP contribution in [0.5, 0.6) is 5.75 Å². The summed E-state index contributed by atoms with van der Waals surface area (Å²) in [6, 6.07) is 16.4. The Balaban J connectivity index is 1.60. The van der Waals surface area contributed by atoms with Gasteiger partial charge in [0.1, 0.15) is 18.1 Å². The number of esters is 1. The predicted octanol–water partition coefficient (Wildman–Crippen LogP) is 3.16. The van der Waals surface area contributed by atoms with Gasteiger partial charge in [-0.05, 0) is 61.2 Å². The van der Waals surface area contributed by atoms with Crippen molar-refractivity contribution in [2.45, 2.75) is 19.3 Å². The first kappa shape index (κ1) is 21.3. The molecule has 0 spiro atoms. The minimum Gasteiger partial charge on any atom is -0.491 e. The summed E-state index contributed by atoms with van der Waals surface area (Å²) in [6.45, 7) is 0.107. The molecule has 1 amide bonds. The van der Waals surface area contributed by atoms with E-state index in [9.17, 15) is 9.59 Å². The zero-order chi connectivity index (χ0) is 21.4. The van der Waals surface area contributed by atoms with Crippen molar-refractivity contribution in [3.63, 3.8) is 0 Å². The van der Waals surface area contributed by atoms with Crippen LogP contribution >= 0.6 is 0 Å². The highest BCUT2D eigenvalue weighted by molar-refractivity contribution is 5.90. The lowest BCUT2D eigenvalue weighted by atomic mass is 9.76. The van der Waals surface area contributed by atoms with E-state index in [2.05, 4.69) is 0 Å². The molecule has 0 saturated heterocycles. The maximum absolute atomic E-state index is 12.4. The maximum Gasteiger partial charge on any atom is 0.343 e. The molecule has 0 heterocycles. The Bertz CT molecular complexity index is 934. The largest absolute Gasteiger partial charge is 0.491 e. The summed E-state index contributed by atoms with van der Waals surface area (Å²) < 4.78 is 10.7. The molecule has 0 aliphatic heterocycles. The van der Waals surface area contributed by atoms with Gasteiger partial charge in [-0.3, -0.25) is 4.79 Å². The van der Waals surface area contributed by atoms with Crippen molar-refractivity contribution in [3.05, 3.63) is 89.7 Å². The number of aliphatic hydroxyl groups is 1. The highest BCUT2D eigenvalue weighted by atomic mass is 16.5. The molecular formula is C24H25NO5. The summed E-state index contributed by atoms with van der Waals surface area (Å²) in [5.74, 6) is 0.0458. The molecule has 3 N–H and O–H groups in total. The first-order valence-corrected chi connectivity index (χ1v) is 9.81. The lowest BCUT2D eigenvalue weighted by Gasteiger charge is -2.29. The van der Waals surface area contributed by atoms with Crippen molar-refractivity contribution >= 4 is 11.9 Å². The molecule has 6 nitrogen and oxygen atoms in total. The predicted molar refractivity (Wildman–Crippen MR) is 113 cm³/mol. The molecule has 0 bridgehead atoms. The molecule has 0 radical (unpaired) electrons. The van der Waals surface area contributed by atoms with Crippen LogP contribution in [-0.2, 0) is 16.0 Å². The van der Waals surface area contributed by atoms with E-state index < -0.39 is 17.3 Å². The number of nitrogens with two attached hydrogens (primary N) is 1. The van der Waals surface area contributed by atoms with Gasteiger partial charge in [0.25, 0.3) is 0 Å². The fourth-order valence-corrected chi connectivity index (χ4v) is 3.26. The molecule has 0 aromatic heterocycles. The van der Waals surface area contributed by atoms with Gasteiger partial charge in [0, 0.05) is 0 Å². The highest BCUT2D eigenvalue weighted by Crippen LogP contribution is 2.35. The minimum absolute atomic E-state index is 0.0809. The van der Waals surface area contributed by atoms with E-state index in [-0.39, 0.29) is 13.2 Å². The Morgan fingerprint density at radius 1 is 1.07 bits per heavy atom. The lowest BCUT2D eigenvalue weighted by molar-refractivity contribution is -0.125. The Labute approximate surface area is 175 Å². The molecule has 2 aromatic rings. The van der Waals surface area contributed by atoms with Crippen LogP contribution in [0.25, 0.3) is 0 Å². The van der Waals surface area contributed by atoms with Gasteiger partial charge in [-0.1, -0.05) is 36.4 Å². The van der Waals surface area contributed by atoms with Gasteiger partial charge in [0.15, 0.2) is 0 Å². The van der Waals surface area contributed by atoms with Crippen LogP contribution in [0.1, 0.15) is 28.8 Å². The Morgan fingerprint density at radius 3 is 2.40 bits per heavy atom. The van der Waals surface area contributed by atoms with Gasteiger partial charge < -0.3 is 20.3 Å². The number of carbonyl (C=O) groups excluding carboxylic acids is 2. The van der Waals surface area contributed by atoms with Gasteiger partial charge in [-0.15, -0.1) is 0 Å². The van der Waals surface area contributed by atoms with E-state index in [0.29, 0.717) is 29.9 Å². The van der Waals surface area contributed by atoms with Crippen LogP contribution in [-0.4, -0.2) is 30.2 Å². The van der Waals surface area contributed by atoms with Crippen LogP contribution < -0.4 is 10.5 Å². The zero-order valence-corrected chi connectivity index (χ0v) is 16.6. The standard InChI is InChI=1S/C24H25NO5/c25-23(28)24(13-10-18-4-2-1-3-5-18)14-11-21(12-15-24)30-22(27)19-6-8-20(9-7-19)29-17-16-26/h1-9,11-12,14,26H,10,13,15-17H2,(H2,25,28)/t24-/m1/s1. The average molecular weight is 407 g/mol.